The Balaban J connectivity index is 1.06. The Morgan fingerprint density at radius 2 is 0.917 bits per heavy atom. The van der Waals surface area contributed by atoms with E-state index in [4.69, 9.17) is 19.4 Å². The highest BCUT2D eigenvalue weighted by Gasteiger charge is 2.46. The Bertz CT molecular complexity index is 3390. The van der Waals surface area contributed by atoms with E-state index in [9.17, 15) is 0 Å². The number of para-hydroxylation sites is 1. The largest absolute Gasteiger partial charge is 0.455 e. The van der Waals surface area contributed by atoms with Crippen LogP contribution in [-0.4, -0.2) is 15.0 Å². The molecule has 0 N–H and O–H groups in total. The second-order valence-electron chi connectivity index (χ2n) is 15.5. The lowest BCUT2D eigenvalue weighted by Gasteiger charge is -2.34. The molecule has 0 saturated heterocycles. The maximum Gasteiger partial charge on any atom is 0.164 e. The lowest BCUT2D eigenvalue weighted by atomic mass is 9.67. The van der Waals surface area contributed by atoms with Crippen LogP contribution in [0.15, 0.2) is 217 Å². The SMILES string of the molecule is c1ccc(-c2nc(-c3cccc(-c4cccc5ccc6c7ccccc7oc6c45)c3)nc(-c3ccc4c(c3)C(c3ccccc3)(c3ccccc3)c3ccccc3-4)n2)cc1. The topological polar surface area (TPSA) is 51.8 Å². The van der Waals surface area contributed by atoms with Crippen molar-refractivity contribution in [2.24, 2.45) is 0 Å². The van der Waals surface area contributed by atoms with E-state index in [-0.39, 0.29) is 0 Å². The van der Waals surface area contributed by atoms with E-state index in [1.165, 1.54) is 33.4 Å². The van der Waals surface area contributed by atoms with E-state index in [1.54, 1.807) is 0 Å². The zero-order valence-corrected chi connectivity index (χ0v) is 32.5. The van der Waals surface area contributed by atoms with Crippen LogP contribution in [-0.2, 0) is 5.41 Å². The number of hydrogen-bond donors (Lipinski definition) is 0. The fourth-order valence-electron chi connectivity index (χ4n) is 9.55. The van der Waals surface area contributed by atoms with Gasteiger partial charge in [-0.05, 0) is 74.2 Å². The molecule has 0 spiro atoms. The first-order valence-corrected chi connectivity index (χ1v) is 20.4. The molecule has 0 unspecified atom stereocenters. The lowest BCUT2D eigenvalue weighted by Crippen LogP contribution is -2.28. The number of nitrogens with zero attached hydrogens (tertiary/aromatic N) is 3. The van der Waals surface area contributed by atoms with Crippen LogP contribution in [0.2, 0.25) is 0 Å². The zero-order chi connectivity index (χ0) is 39.6. The van der Waals surface area contributed by atoms with Gasteiger partial charge in [-0.2, -0.15) is 0 Å². The van der Waals surface area contributed by atoms with Crippen molar-refractivity contribution in [1.29, 1.82) is 0 Å². The molecule has 4 heteroatoms. The van der Waals surface area contributed by atoms with Crippen LogP contribution in [0.25, 0.3) is 89.1 Å². The molecular weight excluding hydrogens is 731 g/mol. The summed E-state index contributed by atoms with van der Waals surface area (Å²) in [6, 6.07) is 75.1. The van der Waals surface area contributed by atoms with Crippen LogP contribution < -0.4 is 0 Å². The fraction of sp³-hybridized carbons (Fsp3) is 0.0179. The average Bonchev–Trinajstić information content (AvgIpc) is 3.86. The van der Waals surface area contributed by atoms with E-state index < -0.39 is 5.41 Å². The molecule has 0 atom stereocenters. The third-order valence-electron chi connectivity index (χ3n) is 12.2. The zero-order valence-electron chi connectivity index (χ0n) is 32.5. The summed E-state index contributed by atoms with van der Waals surface area (Å²) >= 11 is 0. The van der Waals surface area contributed by atoms with E-state index in [0.717, 1.165) is 60.5 Å². The summed E-state index contributed by atoms with van der Waals surface area (Å²) in [4.78, 5) is 15.7. The molecule has 2 heterocycles. The predicted molar refractivity (Wildman–Crippen MR) is 244 cm³/mol. The maximum atomic E-state index is 6.56. The van der Waals surface area contributed by atoms with Gasteiger partial charge in [-0.3, -0.25) is 0 Å². The molecule has 0 bridgehead atoms. The van der Waals surface area contributed by atoms with Gasteiger partial charge in [0.05, 0.1) is 5.41 Å². The highest BCUT2D eigenvalue weighted by Crippen LogP contribution is 2.56. The molecule has 11 aromatic rings. The summed E-state index contributed by atoms with van der Waals surface area (Å²) in [7, 11) is 0. The van der Waals surface area contributed by atoms with Gasteiger partial charge in [0.15, 0.2) is 17.5 Å². The molecule has 12 rings (SSSR count). The molecule has 9 aromatic carbocycles. The first kappa shape index (κ1) is 34.1. The molecule has 1 aliphatic rings. The van der Waals surface area contributed by atoms with Gasteiger partial charge in [0, 0.05) is 32.8 Å². The van der Waals surface area contributed by atoms with Crippen LogP contribution >= 0.6 is 0 Å². The van der Waals surface area contributed by atoms with E-state index in [2.05, 4.69) is 182 Å². The monoisotopic (exact) mass is 765 g/mol. The number of rotatable bonds is 6. The highest BCUT2D eigenvalue weighted by atomic mass is 16.3. The Kier molecular flexibility index (Phi) is 7.72. The van der Waals surface area contributed by atoms with E-state index in [0.29, 0.717) is 17.5 Å². The van der Waals surface area contributed by atoms with Gasteiger partial charge in [0.25, 0.3) is 0 Å². The Morgan fingerprint density at radius 1 is 0.350 bits per heavy atom. The molecule has 0 aliphatic heterocycles. The summed E-state index contributed by atoms with van der Waals surface area (Å²) in [5, 5.41) is 4.44. The summed E-state index contributed by atoms with van der Waals surface area (Å²) in [5.41, 5.74) is 13.5. The standard InChI is InChI=1S/C56H35N3O/c1-4-16-37(17-5-1)53-57-54(39-20-14-19-38(34-39)43-27-15-18-36-30-33-47-46-26-11-13-29-50(46)60-52(47)51(36)43)59-55(58-53)40-31-32-45-44-25-10-12-28-48(44)56(49(45)35-40,41-21-6-2-7-22-41)42-23-8-3-9-24-42/h1-35H. The molecule has 280 valence electrons. The Morgan fingerprint density at radius 3 is 1.68 bits per heavy atom. The summed E-state index contributed by atoms with van der Waals surface area (Å²) in [6.45, 7) is 0. The minimum atomic E-state index is -0.541. The predicted octanol–water partition coefficient (Wildman–Crippen LogP) is 14.0. The van der Waals surface area contributed by atoms with Gasteiger partial charge < -0.3 is 4.42 Å². The smallest absolute Gasteiger partial charge is 0.164 e. The second kappa shape index (κ2) is 13.6. The molecule has 2 aromatic heterocycles. The minimum absolute atomic E-state index is 0.541. The van der Waals surface area contributed by atoms with Crippen LogP contribution in [0.3, 0.4) is 0 Å². The van der Waals surface area contributed by atoms with Gasteiger partial charge >= 0.3 is 0 Å². The average molecular weight is 766 g/mol. The van der Waals surface area contributed by atoms with Crippen LogP contribution in [0.5, 0.6) is 0 Å². The van der Waals surface area contributed by atoms with Gasteiger partial charge in [-0.15, -0.1) is 0 Å². The molecule has 0 amide bonds. The minimum Gasteiger partial charge on any atom is -0.455 e. The molecule has 4 nitrogen and oxygen atoms in total. The van der Waals surface area contributed by atoms with Crippen molar-refractivity contribution in [3.63, 3.8) is 0 Å². The third kappa shape index (κ3) is 5.21. The number of furan rings is 1. The molecule has 0 radical (unpaired) electrons. The number of hydrogen-bond acceptors (Lipinski definition) is 4. The number of fused-ring (bicyclic) bond motifs is 8. The van der Waals surface area contributed by atoms with Crippen LogP contribution in [0.4, 0.5) is 0 Å². The molecule has 60 heavy (non-hydrogen) atoms. The molecule has 0 saturated carbocycles. The van der Waals surface area contributed by atoms with Crippen molar-refractivity contribution >= 4 is 32.7 Å². The molecule has 0 fully saturated rings. The summed E-state index contributed by atoms with van der Waals surface area (Å²) in [5.74, 6) is 1.85. The summed E-state index contributed by atoms with van der Waals surface area (Å²) in [6.07, 6.45) is 0. The van der Waals surface area contributed by atoms with Gasteiger partial charge in [-0.1, -0.05) is 188 Å². The normalized spacial score (nSPS) is 12.8. The lowest BCUT2D eigenvalue weighted by molar-refractivity contribution is 0.673. The molecular formula is C56H35N3O. The van der Waals surface area contributed by atoms with Crippen molar-refractivity contribution in [1.82, 2.24) is 15.0 Å². The van der Waals surface area contributed by atoms with E-state index >= 15 is 0 Å². The maximum absolute atomic E-state index is 6.56. The van der Waals surface area contributed by atoms with Crippen LogP contribution in [0, 0.1) is 0 Å². The van der Waals surface area contributed by atoms with Crippen LogP contribution in [0.1, 0.15) is 22.3 Å². The van der Waals surface area contributed by atoms with Crippen molar-refractivity contribution in [3.05, 3.63) is 235 Å². The van der Waals surface area contributed by atoms with E-state index in [1.807, 2.05) is 30.3 Å². The molecule has 1 aliphatic carbocycles. The first-order valence-electron chi connectivity index (χ1n) is 20.4. The van der Waals surface area contributed by atoms with Crippen molar-refractivity contribution in [2.75, 3.05) is 0 Å². The van der Waals surface area contributed by atoms with Gasteiger partial charge in [-0.25, -0.2) is 15.0 Å². The van der Waals surface area contributed by atoms with Crippen molar-refractivity contribution < 1.29 is 4.42 Å². The number of aromatic nitrogens is 3. The van der Waals surface area contributed by atoms with Gasteiger partial charge in [0.1, 0.15) is 11.2 Å². The number of benzene rings is 9. The van der Waals surface area contributed by atoms with Crippen molar-refractivity contribution in [2.45, 2.75) is 5.41 Å². The fourth-order valence-corrected chi connectivity index (χ4v) is 9.55. The second-order valence-corrected chi connectivity index (χ2v) is 15.5. The van der Waals surface area contributed by atoms with Crippen molar-refractivity contribution in [3.8, 4) is 56.4 Å². The third-order valence-corrected chi connectivity index (χ3v) is 12.2. The quantitative estimate of drug-likeness (QED) is 0.169. The Labute approximate surface area is 347 Å². The summed E-state index contributed by atoms with van der Waals surface area (Å²) < 4.78 is 6.56. The Hall–Kier alpha value is -7.95. The van der Waals surface area contributed by atoms with Gasteiger partial charge in [0.2, 0.25) is 0 Å². The first-order chi connectivity index (χ1) is 29.7. The highest BCUT2D eigenvalue weighted by molar-refractivity contribution is 6.19.